The van der Waals surface area contributed by atoms with Crippen molar-refractivity contribution >= 4 is 22.8 Å². The maximum atomic E-state index is 10.8. The predicted octanol–water partition coefficient (Wildman–Crippen LogP) is 3.41. The highest BCUT2D eigenvalue weighted by molar-refractivity contribution is 7.10. The molecule has 7 heteroatoms. The second kappa shape index (κ2) is 5.50. The summed E-state index contributed by atoms with van der Waals surface area (Å²) in [7, 11) is 0. The Hall–Kier alpha value is -2.46. The van der Waals surface area contributed by atoms with E-state index in [1.165, 1.54) is 16.5 Å². The number of pyridine rings is 1. The fourth-order valence-electron chi connectivity index (χ4n) is 2.58. The summed E-state index contributed by atoms with van der Waals surface area (Å²) in [5.74, 6) is 0.501. The topological polar surface area (TPSA) is 91.8 Å². The predicted molar refractivity (Wildman–Crippen MR) is 79.2 cm³/mol. The fraction of sp³-hybridized carbons (Fsp3) is 0.286. The van der Waals surface area contributed by atoms with E-state index in [1.54, 1.807) is 23.5 Å². The average molecular weight is 300 g/mol. The quantitative estimate of drug-likeness (QED) is 0.692. The maximum Gasteiger partial charge on any atom is 0.305 e. The van der Waals surface area contributed by atoms with Crippen molar-refractivity contribution in [2.45, 2.75) is 25.3 Å². The van der Waals surface area contributed by atoms with E-state index in [2.05, 4.69) is 21.7 Å². The molecule has 0 fully saturated rings. The van der Waals surface area contributed by atoms with Crippen LogP contribution in [0.2, 0.25) is 0 Å². The fourth-order valence-corrected chi connectivity index (χ4v) is 3.56. The normalized spacial score (nSPS) is 16.8. The number of anilines is 1. The lowest BCUT2D eigenvalue weighted by molar-refractivity contribution is -0.385. The van der Waals surface area contributed by atoms with Crippen LogP contribution < -0.4 is 5.32 Å². The molecular weight excluding hydrogens is 288 g/mol. The SMILES string of the molecule is N#Cc1nc(NC2CCCc3sccc32)ccc1[N+](=O)[O-]. The second-order valence-corrected chi connectivity index (χ2v) is 5.82. The van der Waals surface area contributed by atoms with Gasteiger partial charge in [0.05, 0.1) is 11.0 Å². The standard InChI is InChI=1S/C14H12N4O2S/c15-8-11-12(18(19)20)4-5-14(17-11)16-10-2-1-3-13-9(10)6-7-21-13/h4-7,10H,1-3H2,(H,16,17). The summed E-state index contributed by atoms with van der Waals surface area (Å²) >= 11 is 1.75. The van der Waals surface area contributed by atoms with E-state index in [0.29, 0.717) is 5.82 Å². The van der Waals surface area contributed by atoms with Gasteiger partial charge in [0.2, 0.25) is 5.69 Å². The molecule has 0 aliphatic heterocycles. The van der Waals surface area contributed by atoms with Crippen LogP contribution in [-0.4, -0.2) is 9.91 Å². The van der Waals surface area contributed by atoms with Crippen molar-refractivity contribution in [1.82, 2.24) is 4.98 Å². The van der Waals surface area contributed by atoms with Crippen molar-refractivity contribution in [2.24, 2.45) is 0 Å². The zero-order valence-corrected chi connectivity index (χ0v) is 11.9. The number of aromatic nitrogens is 1. The second-order valence-electron chi connectivity index (χ2n) is 4.82. The number of nitrogens with zero attached hydrogens (tertiary/aromatic N) is 3. The number of nitro groups is 1. The molecule has 1 atom stereocenters. The molecule has 6 nitrogen and oxygen atoms in total. The number of rotatable bonds is 3. The van der Waals surface area contributed by atoms with Gasteiger partial charge in [0.25, 0.3) is 0 Å². The van der Waals surface area contributed by atoms with Crippen LogP contribution in [0.4, 0.5) is 11.5 Å². The number of hydrogen-bond acceptors (Lipinski definition) is 6. The van der Waals surface area contributed by atoms with Gasteiger partial charge in [-0.1, -0.05) is 0 Å². The molecule has 0 aromatic carbocycles. The van der Waals surface area contributed by atoms with Crippen LogP contribution in [0.1, 0.15) is 35.0 Å². The molecule has 0 bridgehead atoms. The van der Waals surface area contributed by atoms with Crippen LogP contribution in [0.25, 0.3) is 0 Å². The highest BCUT2D eigenvalue weighted by Gasteiger charge is 2.22. The number of hydrogen-bond donors (Lipinski definition) is 1. The maximum absolute atomic E-state index is 10.8. The third kappa shape index (κ3) is 2.58. The zero-order chi connectivity index (χ0) is 14.8. The van der Waals surface area contributed by atoms with E-state index in [9.17, 15) is 10.1 Å². The summed E-state index contributed by atoms with van der Waals surface area (Å²) in [6.45, 7) is 0. The minimum Gasteiger partial charge on any atom is -0.363 e. The van der Waals surface area contributed by atoms with E-state index < -0.39 is 4.92 Å². The Bertz CT molecular complexity index is 735. The molecule has 0 radical (unpaired) electrons. The van der Waals surface area contributed by atoms with Gasteiger partial charge in [-0.25, -0.2) is 4.98 Å². The van der Waals surface area contributed by atoms with Crippen LogP contribution >= 0.6 is 11.3 Å². The first-order valence-corrected chi connectivity index (χ1v) is 7.45. The number of aryl methyl sites for hydroxylation is 1. The van der Waals surface area contributed by atoms with Gasteiger partial charge in [0.15, 0.2) is 0 Å². The summed E-state index contributed by atoms with van der Waals surface area (Å²) in [4.78, 5) is 15.6. The molecule has 1 aliphatic rings. The van der Waals surface area contributed by atoms with E-state index >= 15 is 0 Å². The van der Waals surface area contributed by atoms with Gasteiger partial charge in [0, 0.05) is 10.9 Å². The van der Waals surface area contributed by atoms with Crippen LogP contribution in [0.5, 0.6) is 0 Å². The summed E-state index contributed by atoms with van der Waals surface area (Å²) in [6, 6.07) is 6.92. The van der Waals surface area contributed by atoms with Gasteiger partial charge in [-0.3, -0.25) is 10.1 Å². The van der Waals surface area contributed by atoms with Crippen molar-refractivity contribution < 1.29 is 4.92 Å². The molecule has 0 spiro atoms. The number of nitriles is 1. The summed E-state index contributed by atoms with van der Waals surface area (Å²) in [5.41, 5.74) is 0.846. The largest absolute Gasteiger partial charge is 0.363 e. The van der Waals surface area contributed by atoms with Crippen molar-refractivity contribution in [3.8, 4) is 6.07 Å². The van der Waals surface area contributed by atoms with Crippen LogP contribution in [-0.2, 0) is 6.42 Å². The molecule has 2 aromatic heterocycles. The van der Waals surface area contributed by atoms with Gasteiger partial charge in [0.1, 0.15) is 11.9 Å². The van der Waals surface area contributed by atoms with Crippen LogP contribution in [0.3, 0.4) is 0 Å². The monoisotopic (exact) mass is 300 g/mol. The minimum absolute atomic E-state index is 0.153. The molecule has 0 saturated heterocycles. The first-order chi connectivity index (χ1) is 10.2. The lowest BCUT2D eigenvalue weighted by Crippen LogP contribution is -2.16. The molecule has 1 aliphatic carbocycles. The minimum atomic E-state index is -0.590. The Morgan fingerprint density at radius 2 is 2.33 bits per heavy atom. The van der Waals surface area contributed by atoms with Gasteiger partial charge >= 0.3 is 5.69 Å². The summed E-state index contributed by atoms with van der Waals surface area (Å²) < 4.78 is 0. The number of nitrogens with one attached hydrogen (secondary N) is 1. The molecule has 1 N–H and O–H groups in total. The van der Waals surface area contributed by atoms with Crippen LogP contribution in [0, 0.1) is 21.4 Å². The van der Waals surface area contributed by atoms with Gasteiger partial charge in [-0.05, 0) is 42.3 Å². The first kappa shape index (κ1) is 13.5. The Morgan fingerprint density at radius 3 is 3.10 bits per heavy atom. The number of fused-ring (bicyclic) bond motifs is 1. The zero-order valence-electron chi connectivity index (χ0n) is 11.1. The highest BCUT2D eigenvalue weighted by Crippen LogP contribution is 2.35. The first-order valence-electron chi connectivity index (χ1n) is 6.57. The van der Waals surface area contributed by atoms with Crippen molar-refractivity contribution in [3.63, 3.8) is 0 Å². The Labute approximate surface area is 125 Å². The van der Waals surface area contributed by atoms with Crippen molar-refractivity contribution in [2.75, 3.05) is 5.32 Å². The average Bonchev–Trinajstić information content (AvgIpc) is 2.96. The van der Waals surface area contributed by atoms with E-state index in [4.69, 9.17) is 5.26 Å². The molecule has 21 heavy (non-hydrogen) atoms. The van der Waals surface area contributed by atoms with Crippen molar-refractivity contribution in [3.05, 3.63) is 49.8 Å². The summed E-state index contributed by atoms with van der Waals surface area (Å²) in [6.07, 6.45) is 3.19. The molecule has 106 valence electrons. The van der Waals surface area contributed by atoms with E-state index in [1.807, 2.05) is 0 Å². The highest BCUT2D eigenvalue weighted by atomic mass is 32.1. The van der Waals surface area contributed by atoms with Gasteiger partial charge < -0.3 is 5.32 Å². The lowest BCUT2D eigenvalue weighted by Gasteiger charge is -2.24. The summed E-state index contributed by atoms with van der Waals surface area (Å²) in [5, 5.41) is 25.1. The molecular formula is C14H12N4O2S. The molecule has 1 unspecified atom stereocenters. The Morgan fingerprint density at radius 1 is 1.48 bits per heavy atom. The molecule has 2 aromatic rings. The van der Waals surface area contributed by atoms with Gasteiger partial charge in [-0.2, -0.15) is 5.26 Å². The number of thiophene rings is 1. The van der Waals surface area contributed by atoms with Crippen molar-refractivity contribution in [1.29, 1.82) is 5.26 Å². The molecule has 2 heterocycles. The van der Waals surface area contributed by atoms with E-state index in [0.717, 1.165) is 19.3 Å². The Balaban J connectivity index is 1.87. The third-order valence-corrected chi connectivity index (χ3v) is 4.55. The third-order valence-electron chi connectivity index (χ3n) is 3.55. The molecule has 0 saturated carbocycles. The van der Waals surface area contributed by atoms with Gasteiger partial charge in [-0.15, -0.1) is 11.3 Å². The molecule has 0 amide bonds. The smallest absolute Gasteiger partial charge is 0.305 e. The lowest BCUT2D eigenvalue weighted by atomic mass is 9.94. The van der Waals surface area contributed by atoms with Crippen LogP contribution in [0.15, 0.2) is 23.6 Å². The van der Waals surface area contributed by atoms with E-state index in [-0.39, 0.29) is 17.4 Å². The Kier molecular flexibility index (Phi) is 3.54. The molecule has 3 rings (SSSR count).